The van der Waals surface area contributed by atoms with Crippen molar-refractivity contribution < 1.29 is 13.5 Å². The van der Waals surface area contributed by atoms with Crippen molar-refractivity contribution in [2.75, 3.05) is 6.61 Å². The van der Waals surface area contributed by atoms with Crippen LogP contribution >= 0.6 is 12.4 Å². The van der Waals surface area contributed by atoms with Gasteiger partial charge in [0.05, 0.1) is 18.5 Å². The van der Waals surface area contributed by atoms with Crippen LogP contribution in [0.15, 0.2) is 36.7 Å². The summed E-state index contributed by atoms with van der Waals surface area (Å²) in [7, 11) is 0. The molecule has 1 aromatic heterocycles. The lowest BCUT2D eigenvalue weighted by Gasteiger charge is -2.33. The molecular formula is C17H22ClF2N3O. The highest BCUT2D eigenvalue weighted by Crippen LogP contribution is 2.36. The zero-order valence-electron chi connectivity index (χ0n) is 13.5. The minimum absolute atomic E-state index is 0. The second-order valence-corrected chi connectivity index (χ2v) is 6.29. The lowest BCUT2D eigenvalue weighted by atomic mass is 9.83. The molecule has 1 fully saturated rings. The van der Waals surface area contributed by atoms with Crippen LogP contribution in [-0.2, 0) is 0 Å². The number of alkyl halides is 2. The fourth-order valence-electron chi connectivity index (χ4n) is 2.89. The molecule has 0 unspecified atom stereocenters. The number of ether oxygens (including phenoxy) is 1. The van der Waals surface area contributed by atoms with Crippen molar-refractivity contribution in [3.8, 4) is 11.4 Å². The Hall–Kier alpha value is -1.66. The number of aryl methyl sites for hydroxylation is 1. The molecule has 2 atom stereocenters. The Morgan fingerprint density at radius 3 is 2.67 bits per heavy atom. The van der Waals surface area contributed by atoms with Gasteiger partial charge in [0.2, 0.25) is 5.92 Å². The summed E-state index contributed by atoms with van der Waals surface area (Å²) in [5, 5.41) is 4.24. The van der Waals surface area contributed by atoms with Gasteiger partial charge in [0.1, 0.15) is 5.75 Å². The Bertz CT molecular complexity index is 660. The number of nitrogens with zero attached hydrogens (tertiary/aromatic N) is 2. The van der Waals surface area contributed by atoms with Gasteiger partial charge < -0.3 is 10.5 Å². The molecule has 0 radical (unpaired) electrons. The average Bonchev–Trinajstić information content (AvgIpc) is 2.95. The molecular weight excluding hydrogens is 336 g/mol. The maximum absolute atomic E-state index is 13.5. The van der Waals surface area contributed by atoms with E-state index in [-0.39, 0.29) is 43.8 Å². The van der Waals surface area contributed by atoms with Crippen LogP contribution in [0.2, 0.25) is 0 Å². The first-order chi connectivity index (χ1) is 10.9. The SMILES string of the molecule is Cc1cnn(-c2ccc(OC[C@H]3CC(F)(F)CC[C@@H]3N)cc2)c1.Cl. The number of hydrogen-bond donors (Lipinski definition) is 1. The standard InChI is InChI=1S/C17H21F2N3O.ClH/c1-12-9-21-22(10-12)14-2-4-15(5-3-14)23-11-13-8-17(18,19)7-6-16(13)20;/h2-5,9-10,13,16H,6-8,11,20H2,1H3;1H/t13-,16+;/m1./s1. The quantitative estimate of drug-likeness (QED) is 0.906. The Balaban J connectivity index is 0.00000208. The van der Waals surface area contributed by atoms with Gasteiger partial charge in [-0.2, -0.15) is 5.10 Å². The van der Waals surface area contributed by atoms with E-state index < -0.39 is 5.92 Å². The Labute approximate surface area is 146 Å². The van der Waals surface area contributed by atoms with Gasteiger partial charge in [-0.1, -0.05) is 0 Å². The van der Waals surface area contributed by atoms with Gasteiger partial charge in [-0.25, -0.2) is 13.5 Å². The molecule has 1 aliphatic rings. The third-order valence-electron chi connectivity index (χ3n) is 4.29. The second kappa shape index (κ2) is 7.49. The van der Waals surface area contributed by atoms with Crippen molar-refractivity contribution in [1.29, 1.82) is 0 Å². The van der Waals surface area contributed by atoms with Gasteiger partial charge >= 0.3 is 0 Å². The highest BCUT2D eigenvalue weighted by atomic mass is 35.5. The van der Waals surface area contributed by atoms with Crippen LogP contribution in [0.1, 0.15) is 24.8 Å². The molecule has 1 heterocycles. The Morgan fingerprint density at radius 2 is 2.04 bits per heavy atom. The Kier molecular flexibility index (Phi) is 5.83. The van der Waals surface area contributed by atoms with Crippen LogP contribution in [0.4, 0.5) is 8.78 Å². The van der Waals surface area contributed by atoms with Crippen LogP contribution in [0.25, 0.3) is 5.69 Å². The predicted molar refractivity (Wildman–Crippen MR) is 91.3 cm³/mol. The highest BCUT2D eigenvalue weighted by Gasteiger charge is 2.40. The van der Waals surface area contributed by atoms with Crippen LogP contribution < -0.4 is 10.5 Å². The maximum atomic E-state index is 13.5. The van der Waals surface area contributed by atoms with E-state index in [1.54, 1.807) is 10.9 Å². The molecule has 3 rings (SSSR count). The molecule has 1 saturated carbocycles. The minimum Gasteiger partial charge on any atom is -0.493 e. The molecule has 0 saturated heterocycles. The van der Waals surface area contributed by atoms with Crippen molar-refractivity contribution >= 4 is 12.4 Å². The first kappa shape index (κ1) is 18.7. The van der Waals surface area contributed by atoms with Gasteiger partial charge in [-0.15, -0.1) is 12.4 Å². The smallest absolute Gasteiger partial charge is 0.248 e. The first-order valence-corrected chi connectivity index (χ1v) is 7.81. The lowest BCUT2D eigenvalue weighted by Crippen LogP contribution is -2.43. The predicted octanol–water partition coefficient (Wildman–Crippen LogP) is 3.74. The Morgan fingerprint density at radius 1 is 1.33 bits per heavy atom. The number of halogens is 3. The van der Waals surface area contributed by atoms with E-state index in [0.717, 1.165) is 11.3 Å². The fraction of sp³-hybridized carbons (Fsp3) is 0.471. The fourth-order valence-corrected chi connectivity index (χ4v) is 2.89. The van der Waals surface area contributed by atoms with E-state index in [9.17, 15) is 8.78 Å². The van der Waals surface area contributed by atoms with Crippen molar-refractivity contribution in [2.45, 2.75) is 38.2 Å². The third kappa shape index (κ3) is 4.45. The lowest BCUT2D eigenvalue weighted by molar-refractivity contribution is -0.0643. The van der Waals surface area contributed by atoms with Crippen LogP contribution in [0.5, 0.6) is 5.75 Å². The molecule has 1 aliphatic carbocycles. The monoisotopic (exact) mass is 357 g/mol. The first-order valence-electron chi connectivity index (χ1n) is 7.81. The van der Waals surface area contributed by atoms with Crippen LogP contribution in [0.3, 0.4) is 0 Å². The van der Waals surface area contributed by atoms with Crippen molar-refractivity contribution in [3.63, 3.8) is 0 Å². The van der Waals surface area contributed by atoms with Crippen LogP contribution in [0, 0.1) is 12.8 Å². The van der Waals surface area contributed by atoms with E-state index in [4.69, 9.17) is 10.5 Å². The zero-order valence-corrected chi connectivity index (χ0v) is 14.3. The van der Waals surface area contributed by atoms with Crippen molar-refractivity contribution in [1.82, 2.24) is 9.78 Å². The molecule has 0 bridgehead atoms. The normalized spacial score (nSPS) is 22.7. The molecule has 7 heteroatoms. The molecule has 4 nitrogen and oxygen atoms in total. The van der Waals surface area contributed by atoms with E-state index in [0.29, 0.717) is 12.2 Å². The largest absolute Gasteiger partial charge is 0.493 e. The number of benzene rings is 1. The van der Waals surface area contributed by atoms with E-state index in [1.807, 2.05) is 37.4 Å². The summed E-state index contributed by atoms with van der Waals surface area (Å²) in [4.78, 5) is 0. The summed E-state index contributed by atoms with van der Waals surface area (Å²) in [5.74, 6) is -2.28. The van der Waals surface area contributed by atoms with E-state index in [2.05, 4.69) is 5.10 Å². The molecule has 132 valence electrons. The summed E-state index contributed by atoms with van der Waals surface area (Å²) < 4.78 is 34.4. The molecule has 2 N–H and O–H groups in total. The van der Waals surface area contributed by atoms with Crippen LogP contribution in [-0.4, -0.2) is 28.4 Å². The molecule has 0 amide bonds. The summed E-state index contributed by atoms with van der Waals surface area (Å²) in [6.45, 7) is 2.20. The minimum atomic E-state index is -2.62. The summed E-state index contributed by atoms with van der Waals surface area (Å²) in [5.41, 5.74) is 7.95. The molecule has 0 aliphatic heterocycles. The van der Waals surface area contributed by atoms with Crippen molar-refractivity contribution in [2.24, 2.45) is 11.7 Å². The van der Waals surface area contributed by atoms with Gasteiger partial charge in [0.25, 0.3) is 0 Å². The summed E-state index contributed by atoms with van der Waals surface area (Å²) >= 11 is 0. The number of aromatic nitrogens is 2. The van der Waals surface area contributed by atoms with E-state index >= 15 is 0 Å². The van der Waals surface area contributed by atoms with E-state index in [1.165, 1.54) is 0 Å². The van der Waals surface area contributed by atoms with Gasteiger partial charge in [-0.3, -0.25) is 0 Å². The highest BCUT2D eigenvalue weighted by molar-refractivity contribution is 5.85. The average molecular weight is 358 g/mol. The van der Waals surface area contributed by atoms with Gasteiger partial charge in [0.15, 0.2) is 0 Å². The maximum Gasteiger partial charge on any atom is 0.248 e. The zero-order chi connectivity index (χ0) is 16.4. The number of rotatable bonds is 4. The number of nitrogens with two attached hydrogens (primary N) is 1. The number of hydrogen-bond acceptors (Lipinski definition) is 3. The third-order valence-corrected chi connectivity index (χ3v) is 4.29. The van der Waals surface area contributed by atoms with Gasteiger partial charge in [0, 0.05) is 31.0 Å². The molecule has 0 spiro atoms. The van der Waals surface area contributed by atoms with Gasteiger partial charge in [-0.05, 0) is 43.2 Å². The molecule has 24 heavy (non-hydrogen) atoms. The summed E-state index contributed by atoms with van der Waals surface area (Å²) in [6.07, 6.45) is 3.74. The topological polar surface area (TPSA) is 53.1 Å². The molecule has 1 aromatic carbocycles. The summed E-state index contributed by atoms with van der Waals surface area (Å²) in [6, 6.07) is 7.19. The second-order valence-electron chi connectivity index (χ2n) is 6.29. The van der Waals surface area contributed by atoms with Crippen molar-refractivity contribution in [3.05, 3.63) is 42.2 Å². The molecule has 2 aromatic rings.